The average molecular weight is 350 g/mol. The lowest BCUT2D eigenvalue weighted by atomic mass is 10.1. The molecule has 1 heterocycles. The highest BCUT2D eigenvalue weighted by Gasteiger charge is 2.46. The fraction of sp³-hybridized carbons (Fsp3) is 0.500. The Labute approximate surface area is 132 Å². The first-order chi connectivity index (χ1) is 10.7. The Morgan fingerprint density at radius 2 is 1.91 bits per heavy atom. The monoisotopic (exact) mass is 350 g/mol. The molecule has 1 aromatic carbocycles. The van der Waals surface area contributed by atoms with Gasteiger partial charge < -0.3 is 10.2 Å². The number of amides is 1. The number of rotatable bonds is 4. The van der Waals surface area contributed by atoms with Crippen LogP contribution in [-0.4, -0.2) is 51.4 Å². The van der Waals surface area contributed by atoms with E-state index >= 15 is 0 Å². The minimum Gasteiger partial charge on any atom is -0.338 e. The molecule has 23 heavy (non-hydrogen) atoms. The highest BCUT2D eigenvalue weighted by molar-refractivity contribution is 7.92. The number of nitrogens with one attached hydrogen (secondary N) is 1. The second kappa shape index (κ2) is 6.48. The van der Waals surface area contributed by atoms with Gasteiger partial charge in [0.15, 0.2) is 0 Å². The van der Waals surface area contributed by atoms with Crippen LogP contribution >= 0.6 is 0 Å². The normalized spacial score (nSPS) is 19.1. The maximum Gasteiger partial charge on any atom is 0.501 e. The largest absolute Gasteiger partial charge is 0.501 e. The zero-order valence-corrected chi connectivity index (χ0v) is 13.2. The van der Waals surface area contributed by atoms with Crippen LogP contribution in [0.1, 0.15) is 16.8 Å². The number of likely N-dealkylation sites (tertiary alicyclic amines) is 1. The van der Waals surface area contributed by atoms with E-state index in [1.54, 1.807) is 4.90 Å². The van der Waals surface area contributed by atoms with Crippen LogP contribution in [0.4, 0.5) is 13.2 Å². The quantitative estimate of drug-likeness (QED) is 0.897. The van der Waals surface area contributed by atoms with Gasteiger partial charge in [0.1, 0.15) is 0 Å². The molecule has 0 aromatic heterocycles. The van der Waals surface area contributed by atoms with Crippen LogP contribution in [-0.2, 0) is 9.84 Å². The van der Waals surface area contributed by atoms with Crippen molar-refractivity contribution < 1.29 is 26.4 Å². The summed E-state index contributed by atoms with van der Waals surface area (Å²) in [4.78, 5) is 13.0. The lowest BCUT2D eigenvalue weighted by Crippen LogP contribution is -2.30. The summed E-state index contributed by atoms with van der Waals surface area (Å²) in [5, 5.41) is 3.04. The smallest absolute Gasteiger partial charge is 0.338 e. The molecule has 1 aromatic rings. The maximum atomic E-state index is 12.5. The molecule has 1 atom stereocenters. The van der Waals surface area contributed by atoms with E-state index in [4.69, 9.17) is 0 Å². The molecule has 1 N–H and O–H groups in total. The summed E-state index contributed by atoms with van der Waals surface area (Å²) < 4.78 is 60.0. The van der Waals surface area contributed by atoms with Gasteiger partial charge in [0.05, 0.1) is 4.90 Å². The Morgan fingerprint density at radius 1 is 1.30 bits per heavy atom. The number of nitrogens with zero attached hydrogens (tertiary/aromatic N) is 1. The van der Waals surface area contributed by atoms with Crippen molar-refractivity contribution in [3.63, 3.8) is 0 Å². The summed E-state index contributed by atoms with van der Waals surface area (Å²) in [6, 6.07) is 3.87. The number of carbonyl (C=O) groups is 1. The minimum absolute atomic E-state index is 0.177. The van der Waals surface area contributed by atoms with E-state index in [9.17, 15) is 26.4 Å². The molecule has 1 aliphatic heterocycles. The first kappa shape index (κ1) is 17.7. The molecule has 1 aliphatic rings. The zero-order chi connectivity index (χ0) is 17.3. The summed E-state index contributed by atoms with van der Waals surface area (Å²) in [6.45, 7) is 1.93. The molecule has 1 saturated heterocycles. The van der Waals surface area contributed by atoms with Gasteiger partial charge in [-0.25, -0.2) is 8.42 Å². The summed E-state index contributed by atoms with van der Waals surface area (Å²) in [5.74, 6) is 0.0355. The highest BCUT2D eigenvalue weighted by Crippen LogP contribution is 2.30. The van der Waals surface area contributed by atoms with Gasteiger partial charge in [-0.1, -0.05) is 0 Å². The molecule has 0 aliphatic carbocycles. The predicted molar refractivity (Wildman–Crippen MR) is 77.6 cm³/mol. The molecular weight excluding hydrogens is 333 g/mol. The molecule has 2 rings (SSSR count). The first-order valence-corrected chi connectivity index (χ1v) is 8.50. The van der Waals surface area contributed by atoms with E-state index in [1.807, 2.05) is 7.05 Å². The number of halogens is 3. The Balaban J connectivity index is 2.13. The maximum absolute atomic E-state index is 12.5. The Hall–Kier alpha value is -1.61. The molecule has 9 heteroatoms. The number of carbonyl (C=O) groups excluding carboxylic acids is 1. The lowest BCUT2D eigenvalue weighted by Gasteiger charge is -2.17. The Morgan fingerprint density at radius 3 is 2.43 bits per heavy atom. The molecule has 0 unspecified atom stereocenters. The van der Waals surface area contributed by atoms with Crippen LogP contribution in [0.2, 0.25) is 0 Å². The van der Waals surface area contributed by atoms with E-state index in [-0.39, 0.29) is 11.5 Å². The number of hydrogen-bond acceptors (Lipinski definition) is 4. The van der Waals surface area contributed by atoms with Crippen molar-refractivity contribution in [1.82, 2.24) is 10.2 Å². The van der Waals surface area contributed by atoms with Gasteiger partial charge in [0.25, 0.3) is 15.7 Å². The van der Waals surface area contributed by atoms with E-state index in [1.165, 1.54) is 0 Å². The topological polar surface area (TPSA) is 66.5 Å². The fourth-order valence-electron chi connectivity index (χ4n) is 2.57. The number of alkyl halides is 3. The number of sulfone groups is 1. The van der Waals surface area contributed by atoms with Crippen molar-refractivity contribution in [1.29, 1.82) is 0 Å². The van der Waals surface area contributed by atoms with Crippen molar-refractivity contribution in [2.75, 3.05) is 26.7 Å². The van der Waals surface area contributed by atoms with E-state index in [0.29, 0.717) is 19.0 Å². The van der Waals surface area contributed by atoms with Crippen LogP contribution in [0, 0.1) is 5.92 Å². The van der Waals surface area contributed by atoms with Crippen molar-refractivity contribution in [3.05, 3.63) is 29.8 Å². The van der Waals surface area contributed by atoms with Gasteiger partial charge in [-0.05, 0) is 50.2 Å². The van der Waals surface area contributed by atoms with E-state index in [0.717, 1.165) is 37.2 Å². The summed E-state index contributed by atoms with van der Waals surface area (Å²) in [6.07, 6.45) is 0.854. The summed E-state index contributed by atoms with van der Waals surface area (Å²) in [5.41, 5.74) is -5.18. The predicted octanol–water partition coefficient (Wildman–Crippen LogP) is 1.66. The van der Waals surface area contributed by atoms with Gasteiger partial charge in [-0.3, -0.25) is 4.79 Å². The lowest BCUT2D eigenvalue weighted by molar-refractivity contribution is -0.0436. The van der Waals surface area contributed by atoms with Gasteiger partial charge >= 0.3 is 5.51 Å². The first-order valence-electron chi connectivity index (χ1n) is 7.02. The molecule has 0 bridgehead atoms. The second-order valence-electron chi connectivity index (χ2n) is 5.44. The molecule has 0 radical (unpaired) electrons. The molecule has 5 nitrogen and oxygen atoms in total. The summed E-state index contributed by atoms with van der Waals surface area (Å²) >= 11 is 0. The fourth-order valence-corrected chi connectivity index (χ4v) is 3.33. The van der Waals surface area contributed by atoms with Crippen molar-refractivity contribution in [2.24, 2.45) is 5.92 Å². The molecule has 128 valence electrons. The van der Waals surface area contributed by atoms with Gasteiger partial charge in [-0.2, -0.15) is 13.2 Å². The van der Waals surface area contributed by atoms with Gasteiger partial charge in [0, 0.05) is 18.7 Å². The molecular formula is C14H17F3N2O3S. The van der Waals surface area contributed by atoms with Gasteiger partial charge in [-0.15, -0.1) is 0 Å². The third kappa shape index (κ3) is 3.66. The standard InChI is InChI=1S/C14H17F3N2O3S/c1-18-8-10-6-7-19(9-10)13(20)11-2-4-12(5-3-11)23(21,22)14(15,16)17/h2-5,10,18H,6-9H2,1H3/t10-/m0/s1. The molecule has 1 amide bonds. The van der Waals surface area contributed by atoms with Crippen LogP contribution < -0.4 is 5.32 Å². The van der Waals surface area contributed by atoms with Crippen LogP contribution in [0.25, 0.3) is 0 Å². The zero-order valence-electron chi connectivity index (χ0n) is 12.4. The third-order valence-corrected chi connectivity index (χ3v) is 5.28. The molecule has 1 fully saturated rings. The Bertz CT molecular complexity index is 672. The van der Waals surface area contributed by atoms with Crippen LogP contribution in [0.5, 0.6) is 0 Å². The number of benzene rings is 1. The molecule has 0 spiro atoms. The van der Waals surface area contributed by atoms with Crippen molar-refractivity contribution >= 4 is 15.7 Å². The van der Waals surface area contributed by atoms with Crippen LogP contribution in [0.3, 0.4) is 0 Å². The third-order valence-electron chi connectivity index (χ3n) is 3.78. The summed E-state index contributed by atoms with van der Waals surface area (Å²) in [7, 11) is -3.56. The SMILES string of the molecule is CNC[C@@H]1CCN(C(=O)c2ccc(S(=O)(=O)C(F)(F)F)cc2)C1. The van der Waals surface area contributed by atoms with Crippen LogP contribution in [0.15, 0.2) is 29.2 Å². The van der Waals surface area contributed by atoms with Crippen molar-refractivity contribution in [2.45, 2.75) is 16.8 Å². The number of hydrogen-bond donors (Lipinski definition) is 1. The minimum atomic E-state index is -5.39. The highest BCUT2D eigenvalue weighted by atomic mass is 32.2. The van der Waals surface area contributed by atoms with Gasteiger partial charge in [0.2, 0.25) is 0 Å². The second-order valence-corrected chi connectivity index (χ2v) is 7.38. The Kier molecular flexibility index (Phi) is 5.00. The van der Waals surface area contributed by atoms with E-state index in [2.05, 4.69) is 5.32 Å². The average Bonchev–Trinajstić information content (AvgIpc) is 2.94. The van der Waals surface area contributed by atoms with Crippen molar-refractivity contribution in [3.8, 4) is 0 Å². The molecule has 0 saturated carbocycles. The van der Waals surface area contributed by atoms with E-state index < -0.39 is 20.2 Å².